The Hall–Kier alpha value is -1.52. The SMILES string of the molecule is COc1c(CO)cnn1-c1ccc(Cl)cc1. The Morgan fingerprint density at radius 1 is 1.38 bits per heavy atom. The van der Waals surface area contributed by atoms with Gasteiger partial charge in [-0.05, 0) is 24.3 Å². The number of aliphatic hydroxyl groups excluding tert-OH is 1. The summed E-state index contributed by atoms with van der Waals surface area (Å²) in [6.07, 6.45) is 1.58. The highest BCUT2D eigenvalue weighted by Crippen LogP contribution is 2.23. The first-order valence-corrected chi connectivity index (χ1v) is 5.11. The van der Waals surface area contributed by atoms with E-state index in [0.29, 0.717) is 16.5 Å². The van der Waals surface area contributed by atoms with E-state index in [9.17, 15) is 0 Å². The van der Waals surface area contributed by atoms with Crippen LogP contribution in [0, 0.1) is 0 Å². The van der Waals surface area contributed by atoms with E-state index in [2.05, 4.69) is 5.10 Å². The second-order valence-electron chi connectivity index (χ2n) is 3.23. The molecule has 0 bridgehead atoms. The van der Waals surface area contributed by atoms with Crippen LogP contribution in [-0.2, 0) is 6.61 Å². The van der Waals surface area contributed by atoms with Crippen LogP contribution in [0.5, 0.6) is 5.88 Å². The lowest BCUT2D eigenvalue weighted by Crippen LogP contribution is -2.00. The summed E-state index contributed by atoms with van der Waals surface area (Å²) in [6, 6.07) is 7.21. The fraction of sp³-hybridized carbons (Fsp3) is 0.182. The molecule has 2 rings (SSSR count). The van der Waals surface area contributed by atoms with E-state index in [1.54, 1.807) is 30.1 Å². The Kier molecular flexibility index (Phi) is 3.12. The van der Waals surface area contributed by atoms with Gasteiger partial charge in [0.15, 0.2) is 0 Å². The zero-order valence-electron chi connectivity index (χ0n) is 8.72. The van der Waals surface area contributed by atoms with Crippen molar-refractivity contribution >= 4 is 11.6 Å². The molecule has 0 aliphatic carbocycles. The van der Waals surface area contributed by atoms with E-state index in [1.165, 1.54) is 0 Å². The van der Waals surface area contributed by atoms with Crippen LogP contribution in [-0.4, -0.2) is 22.0 Å². The van der Waals surface area contributed by atoms with Gasteiger partial charge in [-0.25, -0.2) is 4.68 Å². The predicted molar refractivity (Wildman–Crippen MR) is 61.0 cm³/mol. The Morgan fingerprint density at radius 2 is 2.06 bits per heavy atom. The molecule has 0 aliphatic rings. The van der Waals surface area contributed by atoms with Gasteiger partial charge in [-0.3, -0.25) is 0 Å². The number of rotatable bonds is 3. The van der Waals surface area contributed by atoms with Crippen LogP contribution in [0.4, 0.5) is 0 Å². The number of nitrogens with zero attached hydrogens (tertiary/aromatic N) is 2. The lowest BCUT2D eigenvalue weighted by Gasteiger charge is -2.07. The van der Waals surface area contributed by atoms with Gasteiger partial charge in [-0.15, -0.1) is 0 Å². The Labute approximate surface area is 98.0 Å². The van der Waals surface area contributed by atoms with Gasteiger partial charge in [-0.2, -0.15) is 5.10 Å². The van der Waals surface area contributed by atoms with Crippen LogP contribution in [0.15, 0.2) is 30.5 Å². The zero-order chi connectivity index (χ0) is 11.5. The molecule has 0 aliphatic heterocycles. The molecule has 0 saturated heterocycles. The molecular weight excluding hydrogens is 228 g/mol. The third-order valence-electron chi connectivity index (χ3n) is 2.23. The normalized spacial score (nSPS) is 10.4. The molecule has 1 aromatic carbocycles. The standard InChI is InChI=1S/C11H11ClN2O2/c1-16-11-8(7-15)6-13-14(11)10-4-2-9(12)3-5-10/h2-6,15H,7H2,1H3. The second-order valence-corrected chi connectivity index (χ2v) is 3.66. The molecular formula is C11H11ClN2O2. The van der Waals surface area contributed by atoms with Crippen molar-refractivity contribution in [2.45, 2.75) is 6.61 Å². The molecule has 0 amide bonds. The molecule has 1 heterocycles. The molecule has 0 atom stereocenters. The van der Waals surface area contributed by atoms with Crippen molar-refractivity contribution in [3.8, 4) is 11.6 Å². The van der Waals surface area contributed by atoms with Gasteiger partial charge in [0.1, 0.15) is 0 Å². The molecule has 0 fully saturated rings. The fourth-order valence-corrected chi connectivity index (χ4v) is 1.59. The molecule has 0 unspecified atom stereocenters. The van der Waals surface area contributed by atoms with E-state index >= 15 is 0 Å². The number of aromatic nitrogens is 2. The number of hydrogen-bond acceptors (Lipinski definition) is 3. The van der Waals surface area contributed by atoms with Gasteiger partial charge in [0.2, 0.25) is 5.88 Å². The number of aliphatic hydroxyl groups is 1. The van der Waals surface area contributed by atoms with Crippen LogP contribution in [0.1, 0.15) is 5.56 Å². The van der Waals surface area contributed by atoms with Crippen LogP contribution < -0.4 is 4.74 Å². The molecule has 1 N–H and O–H groups in total. The Morgan fingerprint density at radius 3 is 2.62 bits per heavy atom. The van der Waals surface area contributed by atoms with Crippen LogP contribution in [0.2, 0.25) is 5.02 Å². The largest absolute Gasteiger partial charge is 0.481 e. The van der Waals surface area contributed by atoms with Crippen molar-refractivity contribution in [2.24, 2.45) is 0 Å². The lowest BCUT2D eigenvalue weighted by molar-refractivity contribution is 0.272. The summed E-state index contributed by atoms with van der Waals surface area (Å²) < 4.78 is 6.81. The van der Waals surface area contributed by atoms with Gasteiger partial charge in [0.05, 0.1) is 31.2 Å². The average Bonchev–Trinajstić information content (AvgIpc) is 2.72. The topological polar surface area (TPSA) is 47.3 Å². The summed E-state index contributed by atoms with van der Waals surface area (Å²) >= 11 is 5.80. The van der Waals surface area contributed by atoms with E-state index in [0.717, 1.165) is 5.69 Å². The van der Waals surface area contributed by atoms with Crippen molar-refractivity contribution in [3.63, 3.8) is 0 Å². The van der Waals surface area contributed by atoms with Gasteiger partial charge in [0.25, 0.3) is 0 Å². The van der Waals surface area contributed by atoms with Crippen molar-refractivity contribution < 1.29 is 9.84 Å². The van der Waals surface area contributed by atoms with Crippen molar-refractivity contribution in [2.75, 3.05) is 7.11 Å². The molecule has 16 heavy (non-hydrogen) atoms. The quantitative estimate of drug-likeness (QED) is 0.890. The summed E-state index contributed by atoms with van der Waals surface area (Å²) in [5.74, 6) is 0.532. The first-order valence-electron chi connectivity index (χ1n) is 4.74. The fourth-order valence-electron chi connectivity index (χ4n) is 1.46. The smallest absolute Gasteiger partial charge is 0.222 e. The molecule has 0 spiro atoms. The number of benzene rings is 1. The third kappa shape index (κ3) is 1.89. The monoisotopic (exact) mass is 238 g/mol. The summed E-state index contributed by atoms with van der Waals surface area (Å²) in [5.41, 5.74) is 1.48. The molecule has 5 heteroatoms. The Balaban J connectivity index is 2.47. The minimum absolute atomic E-state index is 0.100. The molecule has 0 saturated carbocycles. The maximum Gasteiger partial charge on any atom is 0.222 e. The van der Waals surface area contributed by atoms with Gasteiger partial charge in [-0.1, -0.05) is 11.6 Å². The maximum atomic E-state index is 9.10. The van der Waals surface area contributed by atoms with Gasteiger partial charge >= 0.3 is 0 Å². The highest BCUT2D eigenvalue weighted by molar-refractivity contribution is 6.30. The summed E-state index contributed by atoms with van der Waals surface area (Å²) in [5, 5.41) is 13.9. The second kappa shape index (κ2) is 4.55. The zero-order valence-corrected chi connectivity index (χ0v) is 9.48. The van der Waals surface area contributed by atoms with Crippen molar-refractivity contribution in [1.82, 2.24) is 9.78 Å². The minimum atomic E-state index is -0.100. The summed E-state index contributed by atoms with van der Waals surface area (Å²) in [7, 11) is 1.54. The summed E-state index contributed by atoms with van der Waals surface area (Å²) in [6.45, 7) is -0.100. The minimum Gasteiger partial charge on any atom is -0.481 e. The first kappa shape index (κ1) is 11.0. The molecule has 4 nitrogen and oxygen atoms in total. The third-order valence-corrected chi connectivity index (χ3v) is 2.48. The van der Waals surface area contributed by atoms with Crippen molar-refractivity contribution in [1.29, 1.82) is 0 Å². The lowest BCUT2D eigenvalue weighted by atomic mass is 10.3. The van der Waals surface area contributed by atoms with Gasteiger partial charge < -0.3 is 9.84 Å². The number of ether oxygens (including phenoxy) is 1. The molecule has 0 radical (unpaired) electrons. The number of methoxy groups -OCH3 is 1. The highest BCUT2D eigenvalue weighted by atomic mass is 35.5. The van der Waals surface area contributed by atoms with E-state index in [1.807, 2.05) is 12.1 Å². The molecule has 2 aromatic rings. The van der Waals surface area contributed by atoms with E-state index in [-0.39, 0.29) is 6.61 Å². The highest BCUT2D eigenvalue weighted by Gasteiger charge is 2.11. The number of hydrogen-bond donors (Lipinski definition) is 1. The van der Waals surface area contributed by atoms with Crippen molar-refractivity contribution in [3.05, 3.63) is 41.0 Å². The van der Waals surface area contributed by atoms with E-state index < -0.39 is 0 Å². The number of halogens is 1. The van der Waals surface area contributed by atoms with E-state index in [4.69, 9.17) is 21.4 Å². The Bertz CT molecular complexity index is 479. The van der Waals surface area contributed by atoms with Gasteiger partial charge in [0, 0.05) is 5.02 Å². The maximum absolute atomic E-state index is 9.10. The van der Waals surface area contributed by atoms with Crippen LogP contribution >= 0.6 is 11.6 Å². The average molecular weight is 239 g/mol. The molecule has 1 aromatic heterocycles. The van der Waals surface area contributed by atoms with Crippen LogP contribution in [0.25, 0.3) is 5.69 Å². The molecule has 84 valence electrons. The summed E-state index contributed by atoms with van der Waals surface area (Å²) in [4.78, 5) is 0. The van der Waals surface area contributed by atoms with Crippen LogP contribution in [0.3, 0.4) is 0 Å². The predicted octanol–water partition coefficient (Wildman–Crippen LogP) is 2.03. The first-order chi connectivity index (χ1) is 7.76.